The van der Waals surface area contributed by atoms with Gasteiger partial charge in [0.05, 0.1) is 18.0 Å². The van der Waals surface area contributed by atoms with E-state index >= 15 is 0 Å². The number of carbonyl (C=O) groups excluding carboxylic acids is 1. The Labute approximate surface area is 94.5 Å². The molecule has 4 nitrogen and oxygen atoms in total. The van der Waals surface area contributed by atoms with Gasteiger partial charge in [0, 0.05) is 25.4 Å². The average Bonchev–Trinajstić information content (AvgIpc) is 2.71. The van der Waals surface area contributed by atoms with E-state index in [1.807, 2.05) is 19.1 Å². The van der Waals surface area contributed by atoms with E-state index in [9.17, 15) is 4.79 Å². The normalized spacial score (nSPS) is 21.9. The Morgan fingerprint density at radius 3 is 2.81 bits per heavy atom. The molecule has 0 aromatic carbocycles. The van der Waals surface area contributed by atoms with E-state index in [1.165, 1.54) is 0 Å². The maximum absolute atomic E-state index is 11.7. The zero-order chi connectivity index (χ0) is 11.5. The van der Waals surface area contributed by atoms with Gasteiger partial charge in [0.25, 0.3) is 0 Å². The molecule has 2 rings (SSSR count). The summed E-state index contributed by atoms with van der Waals surface area (Å²) in [5, 5.41) is 8.82. The van der Waals surface area contributed by atoms with Gasteiger partial charge in [-0.3, -0.25) is 9.78 Å². The summed E-state index contributed by atoms with van der Waals surface area (Å²) in [7, 11) is 0. The average molecular weight is 215 g/mol. The molecule has 2 atom stereocenters. The molecule has 1 fully saturated rings. The van der Waals surface area contributed by atoms with Gasteiger partial charge in [0.1, 0.15) is 0 Å². The predicted octanol–water partition coefficient (Wildman–Crippen LogP) is 1.51. The van der Waals surface area contributed by atoms with Crippen molar-refractivity contribution in [3.8, 4) is 6.07 Å². The number of nitriles is 1. The number of likely N-dealkylation sites (tertiary alicyclic amines) is 1. The third-order valence-electron chi connectivity index (χ3n) is 3.00. The third-order valence-corrected chi connectivity index (χ3v) is 3.00. The summed E-state index contributed by atoms with van der Waals surface area (Å²) in [5.41, 5.74) is 1.06. The molecule has 1 saturated heterocycles. The van der Waals surface area contributed by atoms with Gasteiger partial charge >= 0.3 is 0 Å². The lowest BCUT2D eigenvalue weighted by Gasteiger charge is -2.24. The Balaban J connectivity index is 2.15. The Kier molecular flexibility index (Phi) is 2.86. The second-order valence-corrected chi connectivity index (χ2v) is 4.03. The largest absolute Gasteiger partial charge is 0.335 e. The molecule has 0 bridgehead atoms. The first kappa shape index (κ1) is 10.6. The fourth-order valence-corrected chi connectivity index (χ4v) is 2.01. The molecule has 2 unspecified atom stereocenters. The number of carbonyl (C=O) groups is 1. The lowest BCUT2D eigenvalue weighted by Crippen LogP contribution is -2.28. The quantitative estimate of drug-likeness (QED) is 0.751. The Bertz CT molecular complexity index is 424. The molecule has 0 spiro atoms. The van der Waals surface area contributed by atoms with Crippen LogP contribution in [0.5, 0.6) is 0 Å². The highest BCUT2D eigenvalue weighted by Crippen LogP contribution is 2.27. The maximum Gasteiger partial charge on any atom is 0.224 e. The molecule has 1 amide bonds. The maximum atomic E-state index is 11.7. The standard InChI is InChI=1S/C12H13N3O/c1-9(11-2-4-14-5-3-11)15-8-10(7-13)6-12(15)16/h2-5,9-10H,6,8H2,1H3. The molecular weight excluding hydrogens is 202 g/mol. The monoisotopic (exact) mass is 215 g/mol. The molecule has 0 radical (unpaired) electrons. The summed E-state index contributed by atoms with van der Waals surface area (Å²) in [6, 6.07) is 5.98. The highest BCUT2D eigenvalue weighted by Gasteiger charge is 2.32. The first-order valence-corrected chi connectivity index (χ1v) is 5.31. The van der Waals surface area contributed by atoms with Crippen molar-refractivity contribution in [2.24, 2.45) is 5.92 Å². The number of hydrogen-bond acceptors (Lipinski definition) is 3. The minimum absolute atomic E-state index is 0.0221. The Hall–Kier alpha value is -1.89. The molecule has 16 heavy (non-hydrogen) atoms. The molecule has 1 aromatic heterocycles. The van der Waals surface area contributed by atoms with Gasteiger partial charge in [-0.2, -0.15) is 5.26 Å². The van der Waals surface area contributed by atoms with Gasteiger partial charge in [-0.05, 0) is 24.6 Å². The molecule has 1 aromatic rings. The van der Waals surface area contributed by atoms with Gasteiger partial charge in [0.15, 0.2) is 0 Å². The summed E-state index contributed by atoms with van der Waals surface area (Å²) in [6.45, 7) is 2.52. The van der Waals surface area contributed by atoms with Crippen LogP contribution >= 0.6 is 0 Å². The lowest BCUT2D eigenvalue weighted by atomic mass is 10.1. The van der Waals surface area contributed by atoms with Gasteiger partial charge in [-0.25, -0.2) is 0 Å². The lowest BCUT2D eigenvalue weighted by molar-refractivity contribution is -0.129. The topological polar surface area (TPSA) is 57.0 Å². The van der Waals surface area contributed by atoms with Crippen molar-refractivity contribution in [1.29, 1.82) is 5.26 Å². The van der Waals surface area contributed by atoms with E-state index < -0.39 is 0 Å². The predicted molar refractivity (Wildman–Crippen MR) is 58.1 cm³/mol. The molecule has 1 aliphatic heterocycles. The van der Waals surface area contributed by atoms with Crippen LogP contribution in [0.4, 0.5) is 0 Å². The number of hydrogen-bond donors (Lipinski definition) is 0. The van der Waals surface area contributed by atoms with Crippen molar-refractivity contribution in [2.75, 3.05) is 6.54 Å². The molecule has 0 aliphatic carbocycles. The smallest absolute Gasteiger partial charge is 0.224 e. The zero-order valence-corrected chi connectivity index (χ0v) is 9.13. The Morgan fingerprint density at radius 2 is 2.25 bits per heavy atom. The van der Waals surface area contributed by atoms with Gasteiger partial charge < -0.3 is 4.90 Å². The summed E-state index contributed by atoms with van der Waals surface area (Å²) in [5.74, 6) is -0.0901. The van der Waals surface area contributed by atoms with Crippen LogP contribution in [0, 0.1) is 17.2 Å². The Morgan fingerprint density at radius 1 is 1.56 bits per heavy atom. The number of aromatic nitrogens is 1. The van der Waals surface area contributed by atoms with E-state index in [-0.39, 0.29) is 17.9 Å². The number of rotatable bonds is 2. The highest BCUT2D eigenvalue weighted by molar-refractivity contribution is 5.79. The second-order valence-electron chi connectivity index (χ2n) is 4.03. The molecule has 2 heterocycles. The minimum Gasteiger partial charge on any atom is -0.335 e. The van der Waals surface area contributed by atoms with Crippen LogP contribution in [0.25, 0.3) is 0 Å². The van der Waals surface area contributed by atoms with E-state index in [4.69, 9.17) is 5.26 Å². The van der Waals surface area contributed by atoms with Crippen molar-refractivity contribution < 1.29 is 4.79 Å². The zero-order valence-electron chi connectivity index (χ0n) is 9.13. The SMILES string of the molecule is CC(c1ccncc1)N1CC(C#N)CC1=O. The number of nitrogens with zero attached hydrogens (tertiary/aromatic N) is 3. The van der Waals surface area contributed by atoms with E-state index in [2.05, 4.69) is 11.1 Å². The summed E-state index contributed by atoms with van der Waals surface area (Å²) in [6.07, 6.45) is 3.79. The first-order chi connectivity index (χ1) is 7.72. The van der Waals surface area contributed by atoms with Crippen molar-refractivity contribution in [3.05, 3.63) is 30.1 Å². The molecule has 1 aliphatic rings. The number of pyridine rings is 1. The van der Waals surface area contributed by atoms with Crippen molar-refractivity contribution >= 4 is 5.91 Å². The van der Waals surface area contributed by atoms with Crippen molar-refractivity contribution in [2.45, 2.75) is 19.4 Å². The van der Waals surface area contributed by atoms with E-state index in [0.29, 0.717) is 13.0 Å². The van der Waals surface area contributed by atoms with Crippen LogP contribution < -0.4 is 0 Å². The minimum atomic E-state index is -0.156. The van der Waals surface area contributed by atoms with Crippen LogP contribution in [-0.2, 0) is 4.79 Å². The molecular formula is C12H13N3O. The van der Waals surface area contributed by atoms with Gasteiger partial charge in [-0.15, -0.1) is 0 Å². The second kappa shape index (κ2) is 4.31. The van der Waals surface area contributed by atoms with Crippen LogP contribution in [0.2, 0.25) is 0 Å². The third kappa shape index (κ3) is 1.89. The van der Waals surface area contributed by atoms with E-state index in [0.717, 1.165) is 5.56 Å². The number of amides is 1. The van der Waals surface area contributed by atoms with Crippen LogP contribution in [0.15, 0.2) is 24.5 Å². The summed E-state index contributed by atoms with van der Waals surface area (Å²) >= 11 is 0. The molecule has 0 saturated carbocycles. The molecule has 82 valence electrons. The summed E-state index contributed by atoms with van der Waals surface area (Å²) < 4.78 is 0. The fraction of sp³-hybridized carbons (Fsp3) is 0.417. The van der Waals surface area contributed by atoms with Crippen molar-refractivity contribution in [3.63, 3.8) is 0 Å². The summed E-state index contributed by atoms with van der Waals surface area (Å²) in [4.78, 5) is 17.4. The van der Waals surface area contributed by atoms with Crippen molar-refractivity contribution in [1.82, 2.24) is 9.88 Å². The molecule has 4 heteroatoms. The van der Waals surface area contributed by atoms with Gasteiger partial charge in [-0.1, -0.05) is 0 Å². The van der Waals surface area contributed by atoms with E-state index in [1.54, 1.807) is 17.3 Å². The van der Waals surface area contributed by atoms with Crippen LogP contribution in [0.3, 0.4) is 0 Å². The first-order valence-electron chi connectivity index (χ1n) is 5.31. The van der Waals surface area contributed by atoms with Gasteiger partial charge in [0.2, 0.25) is 5.91 Å². The fourth-order valence-electron chi connectivity index (χ4n) is 2.01. The van der Waals surface area contributed by atoms with Crippen LogP contribution in [-0.4, -0.2) is 22.3 Å². The van der Waals surface area contributed by atoms with Crippen LogP contribution in [0.1, 0.15) is 24.9 Å². The molecule has 0 N–H and O–H groups in total. The highest BCUT2D eigenvalue weighted by atomic mass is 16.2.